The largest absolute Gasteiger partial charge is 0.397 e. The van der Waals surface area contributed by atoms with Crippen molar-refractivity contribution in [2.24, 2.45) is 0 Å². The average Bonchev–Trinajstić information content (AvgIpc) is 2.23. The molecule has 0 aliphatic rings. The van der Waals surface area contributed by atoms with Gasteiger partial charge < -0.3 is 5.73 Å². The summed E-state index contributed by atoms with van der Waals surface area (Å²) < 4.78 is 13.5. The second-order valence-electron chi connectivity index (χ2n) is 2.95. The Morgan fingerprint density at radius 3 is 2.87 bits per heavy atom. The molecule has 0 bridgehead atoms. The van der Waals surface area contributed by atoms with Crippen LogP contribution in [-0.4, -0.2) is 4.98 Å². The Morgan fingerprint density at radius 2 is 2.20 bits per heavy atom. The lowest BCUT2D eigenvalue weighted by molar-refractivity contribution is 0.640. The molecule has 2 N–H and O–H groups in total. The van der Waals surface area contributed by atoms with Crippen LogP contribution in [0, 0.1) is 17.1 Å². The second-order valence-corrected chi connectivity index (χ2v) is 3.36. The summed E-state index contributed by atoms with van der Waals surface area (Å²) in [6.07, 6.45) is 1.28. The first-order valence-corrected chi connectivity index (χ1v) is 4.45. The molecule has 0 atom stereocenters. The molecule has 3 nitrogen and oxygen atoms in total. The molecule has 2 aromatic rings. The zero-order chi connectivity index (χ0) is 11.0. The van der Waals surface area contributed by atoms with Crippen molar-refractivity contribution in [3.8, 4) is 6.07 Å². The number of nitrogens with zero attached hydrogens (tertiary/aromatic N) is 2. The van der Waals surface area contributed by atoms with Gasteiger partial charge in [0, 0.05) is 6.20 Å². The number of aromatic nitrogens is 1. The maximum absolute atomic E-state index is 13.5. The molecule has 1 aromatic heterocycles. The van der Waals surface area contributed by atoms with Crippen LogP contribution in [0.5, 0.6) is 0 Å². The molecule has 0 aliphatic heterocycles. The van der Waals surface area contributed by atoms with Crippen LogP contribution in [0.3, 0.4) is 0 Å². The molecule has 74 valence electrons. The first-order valence-electron chi connectivity index (χ1n) is 4.07. The van der Waals surface area contributed by atoms with Crippen molar-refractivity contribution in [1.29, 1.82) is 5.26 Å². The number of anilines is 1. The third kappa shape index (κ3) is 1.37. The number of hydrogen-bond donors (Lipinski definition) is 1. The minimum atomic E-state index is -0.531. The van der Waals surface area contributed by atoms with Gasteiger partial charge in [0.25, 0.3) is 0 Å². The van der Waals surface area contributed by atoms with E-state index < -0.39 is 5.82 Å². The van der Waals surface area contributed by atoms with Gasteiger partial charge in [0.1, 0.15) is 11.9 Å². The number of pyridine rings is 1. The van der Waals surface area contributed by atoms with E-state index in [2.05, 4.69) is 4.98 Å². The van der Waals surface area contributed by atoms with Gasteiger partial charge in [-0.1, -0.05) is 11.6 Å². The third-order valence-electron chi connectivity index (χ3n) is 2.08. The van der Waals surface area contributed by atoms with Crippen molar-refractivity contribution < 1.29 is 4.39 Å². The highest BCUT2D eigenvalue weighted by molar-refractivity contribution is 6.35. The second kappa shape index (κ2) is 3.37. The lowest BCUT2D eigenvalue weighted by atomic mass is 10.1. The van der Waals surface area contributed by atoms with Crippen LogP contribution >= 0.6 is 11.6 Å². The highest BCUT2D eigenvalue weighted by Gasteiger charge is 2.12. The molecular weight excluding hydrogens is 217 g/mol. The minimum absolute atomic E-state index is 0.0718. The molecule has 0 radical (unpaired) electrons. The molecular formula is C10H5ClFN3. The fraction of sp³-hybridized carbons (Fsp3) is 0. The van der Waals surface area contributed by atoms with Crippen LogP contribution in [-0.2, 0) is 0 Å². The van der Waals surface area contributed by atoms with Gasteiger partial charge in [0.05, 0.1) is 27.2 Å². The molecule has 5 heteroatoms. The minimum Gasteiger partial charge on any atom is -0.397 e. The molecule has 0 saturated carbocycles. The number of nitrogen functional groups attached to an aromatic ring is 1. The molecule has 0 spiro atoms. The summed E-state index contributed by atoms with van der Waals surface area (Å²) in [5.74, 6) is -0.531. The number of nitriles is 1. The number of benzene rings is 1. The topological polar surface area (TPSA) is 62.7 Å². The predicted molar refractivity (Wildman–Crippen MR) is 55.8 cm³/mol. The van der Waals surface area contributed by atoms with E-state index in [1.54, 1.807) is 0 Å². The summed E-state index contributed by atoms with van der Waals surface area (Å²) in [4.78, 5) is 3.90. The van der Waals surface area contributed by atoms with E-state index in [0.29, 0.717) is 5.02 Å². The molecule has 1 heterocycles. The molecule has 1 aromatic carbocycles. The monoisotopic (exact) mass is 221 g/mol. The molecule has 0 saturated heterocycles. The van der Waals surface area contributed by atoms with Gasteiger partial charge >= 0.3 is 0 Å². The molecule has 0 aliphatic carbocycles. The number of halogens is 2. The van der Waals surface area contributed by atoms with E-state index in [1.165, 1.54) is 18.3 Å². The van der Waals surface area contributed by atoms with Crippen molar-refractivity contribution in [3.05, 3.63) is 34.7 Å². The number of fused-ring (bicyclic) bond motifs is 1. The van der Waals surface area contributed by atoms with Gasteiger partial charge in [0.2, 0.25) is 0 Å². The SMILES string of the molecule is N#Cc1cnc2c(Cl)ccc(F)c2c1N. The van der Waals surface area contributed by atoms with E-state index in [0.717, 1.165) is 0 Å². The average molecular weight is 222 g/mol. The van der Waals surface area contributed by atoms with Crippen molar-refractivity contribution in [2.45, 2.75) is 0 Å². The summed E-state index contributed by atoms with van der Waals surface area (Å²) in [6.45, 7) is 0. The fourth-order valence-corrected chi connectivity index (χ4v) is 1.55. The number of hydrogen-bond acceptors (Lipinski definition) is 3. The zero-order valence-electron chi connectivity index (χ0n) is 7.46. The first kappa shape index (κ1) is 9.69. The molecule has 15 heavy (non-hydrogen) atoms. The first-order chi connectivity index (χ1) is 7.15. The highest BCUT2D eigenvalue weighted by Crippen LogP contribution is 2.29. The van der Waals surface area contributed by atoms with Crippen LogP contribution in [0.15, 0.2) is 18.3 Å². The molecule has 0 unspecified atom stereocenters. The molecule has 0 amide bonds. The van der Waals surface area contributed by atoms with Gasteiger partial charge in [-0.15, -0.1) is 0 Å². The third-order valence-corrected chi connectivity index (χ3v) is 2.39. The van der Waals surface area contributed by atoms with Gasteiger partial charge in [-0.05, 0) is 12.1 Å². The smallest absolute Gasteiger partial charge is 0.134 e. The van der Waals surface area contributed by atoms with Crippen molar-refractivity contribution in [3.63, 3.8) is 0 Å². The van der Waals surface area contributed by atoms with E-state index in [1.807, 2.05) is 6.07 Å². The predicted octanol–water partition coefficient (Wildman–Crippen LogP) is 2.48. The van der Waals surface area contributed by atoms with Crippen molar-refractivity contribution in [2.75, 3.05) is 5.73 Å². The van der Waals surface area contributed by atoms with Crippen LogP contribution in [0.1, 0.15) is 5.56 Å². The Kier molecular flexibility index (Phi) is 2.18. The summed E-state index contributed by atoms with van der Waals surface area (Å²) in [5, 5.41) is 9.12. The summed E-state index contributed by atoms with van der Waals surface area (Å²) in [7, 11) is 0. The quantitative estimate of drug-likeness (QED) is 0.743. The van der Waals surface area contributed by atoms with E-state index in [-0.39, 0.29) is 22.2 Å². The zero-order valence-corrected chi connectivity index (χ0v) is 8.22. The fourth-order valence-electron chi connectivity index (χ4n) is 1.35. The Balaban J connectivity index is 3.00. The van der Waals surface area contributed by atoms with E-state index in [9.17, 15) is 4.39 Å². The van der Waals surface area contributed by atoms with Crippen LogP contribution < -0.4 is 5.73 Å². The number of rotatable bonds is 0. The Hall–Kier alpha value is -1.86. The maximum atomic E-state index is 13.5. The van der Waals surface area contributed by atoms with E-state index >= 15 is 0 Å². The van der Waals surface area contributed by atoms with E-state index in [4.69, 9.17) is 22.6 Å². The van der Waals surface area contributed by atoms with Crippen LogP contribution in [0.4, 0.5) is 10.1 Å². The van der Waals surface area contributed by atoms with Gasteiger partial charge in [-0.2, -0.15) is 5.26 Å². The van der Waals surface area contributed by atoms with Gasteiger partial charge in [0.15, 0.2) is 0 Å². The Labute approximate surface area is 89.9 Å². The highest BCUT2D eigenvalue weighted by atomic mass is 35.5. The van der Waals surface area contributed by atoms with Gasteiger partial charge in [-0.25, -0.2) is 4.39 Å². The Morgan fingerprint density at radius 1 is 1.47 bits per heavy atom. The van der Waals surface area contributed by atoms with Gasteiger partial charge in [-0.3, -0.25) is 4.98 Å². The summed E-state index contributed by atoms with van der Waals surface area (Å²) in [5.41, 5.74) is 6.12. The lowest BCUT2D eigenvalue weighted by Crippen LogP contribution is -1.96. The van der Waals surface area contributed by atoms with Crippen molar-refractivity contribution >= 4 is 28.2 Å². The van der Waals surface area contributed by atoms with Crippen molar-refractivity contribution in [1.82, 2.24) is 4.98 Å². The maximum Gasteiger partial charge on any atom is 0.134 e. The standard InChI is InChI=1S/C10H5ClFN3/c11-6-1-2-7(12)8-9(14)5(3-13)4-15-10(6)8/h1-2,4H,(H2,14,15). The van der Waals surface area contributed by atoms with Crippen LogP contribution in [0.25, 0.3) is 10.9 Å². The number of nitrogens with two attached hydrogens (primary N) is 1. The summed E-state index contributed by atoms with van der Waals surface area (Å²) >= 11 is 5.83. The summed E-state index contributed by atoms with van der Waals surface area (Å²) in [6, 6.07) is 4.44. The lowest BCUT2D eigenvalue weighted by Gasteiger charge is -2.05. The Bertz CT molecular complexity index is 589. The normalized spacial score (nSPS) is 10.2. The molecule has 2 rings (SSSR count). The van der Waals surface area contributed by atoms with Crippen LogP contribution in [0.2, 0.25) is 5.02 Å². The molecule has 0 fully saturated rings.